The Hall–Kier alpha value is -0.920. The van der Waals surface area contributed by atoms with E-state index in [1.165, 1.54) is 0 Å². The van der Waals surface area contributed by atoms with Gasteiger partial charge in [0.15, 0.2) is 0 Å². The molecule has 0 unspecified atom stereocenters. The van der Waals surface area contributed by atoms with E-state index in [9.17, 15) is 8.42 Å². The lowest BCUT2D eigenvalue weighted by atomic mass is 10.4. The molecule has 0 aliphatic carbocycles. The van der Waals surface area contributed by atoms with Gasteiger partial charge >= 0.3 is 0 Å². The van der Waals surface area contributed by atoms with E-state index in [2.05, 4.69) is 15.1 Å². The molecule has 0 aliphatic heterocycles. The summed E-state index contributed by atoms with van der Waals surface area (Å²) in [4.78, 5) is 0.299. The molecular weight excluding hydrogens is 252 g/mol. The van der Waals surface area contributed by atoms with Crippen LogP contribution in [0.1, 0.15) is 24.7 Å². The molecule has 0 bridgehead atoms. The zero-order valence-corrected chi connectivity index (χ0v) is 12.3. The molecule has 0 saturated carbocycles. The standard InChI is InChI=1S/C11H22N4O2S/c1-5-12-7-6-8-13-18(16,17)11-9(2)14-15(4)10(11)3/h12-13H,5-8H2,1-4H3. The molecule has 1 aromatic rings. The second-order valence-electron chi connectivity index (χ2n) is 4.23. The molecule has 0 amide bonds. The molecule has 0 saturated heterocycles. The Labute approximate surface area is 109 Å². The van der Waals surface area contributed by atoms with Crippen LogP contribution in [0.5, 0.6) is 0 Å². The van der Waals surface area contributed by atoms with Gasteiger partial charge in [-0.1, -0.05) is 6.92 Å². The summed E-state index contributed by atoms with van der Waals surface area (Å²) in [5.41, 5.74) is 1.20. The maximum atomic E-state index is 12.1. The SMILES string of the molecule is CCNCCCNS(=O)(=O)c1c(C)nn(C)c1C. The van der Waals surface area contributed by atoms with Crippen molar-refractivity contribution in [3.8, 4) is 0 Å². The summed E-state index contributed by atoms with van der Waals surface area (Å²) < 4.78 is 28.5. The number of hydrogen-bond donors (Lipinski definition) is 2. The number of sulfonamides is 1. The minimum atomic E-state index is -3.45. The van der Waals surface area contributed by atoms with Crippen molar-refractivity contribution in [3.63, 3.8) is 0 Å². The molecule has 6 nitrogen and oxygen atoms in total. The molecule has 0 aliphatic rings. The van der Waals surface area contributed by atoms with Crippen molar-refractivity contribution < 1.29 is 8.42 Å². The number of nitrogens with zero attached hydrogens (tertiary/aromatic N) is 2. The average Bonchev–Trinajstić information content (AvgIpc) is 2.53. The van der Waals surface area contributed by atoms with E-state index in [0.29, 0.717) is 22.8 Å². The maximum absolute atomic E-state index is 12.1. The van der Waals surface area contributed by atoms with Crippen LogP contribution in [0.4, 0.5) is 0 Å². The second-order valence-corrected chi connectivity index (χ2v) is 5.93. The Balaban J connectivity index is 2.69. The first kappa shape index (κ1) is 15.1. The third-order valence-electron chi connectivity index (χ3n) is 2.78. The predicted octanol–water partition coefficient (Wildman–Crippen LogP) is 0.315. The molecule has 104 valence electrons. The largest absolute Gasteiger partial charge is 0.317 e. The van der Waals surface area contributed by atoms with Gasteiger partial charge in [-0.05, 0) is 33.4 Å². The molecule has 1 aromatic heterocycles. The molecule has 0 aromatic carbocycles. The quantitative estimate of drug-likeness (QED) is 0.702. The molecule has 0 fully saturated rings. The van der Waals surface area contributed by atoms with Crippen molar-refractivity contribution in [1.82, 2.24) is 19.8 Å². The van der Waals surface area contributed by atoms with Crippen LogP contribution in [-0.4, -0.2) is 37.8 Å². The highest BCUT2D eigenvalue weighted by atomic mass is 32.2. The summed E-state index contributed by atoms with van der Waals surface area (Å²) in [6.07, 6.45) is 0.769. The van der Waals surface area contributed by atoms with Crippen molar-refractivity contribution in [2.24, 2.45) is 7.05 Å². The van der Waals surface area contributed by atoms with Crippen molar-refractivity contribution in [2.45, 2.75) is 32.1 Å². The van der Waals surface area contributed by atoms with E-state index < -0.39 is 10.0 Å². The highest BCUT2D eigenvalue weighted by Crippen LogP contribution is 2.17. The molecule has 18 heavy (non-hydrogen) atoms. The summed E-state index contributed by atoms with van der Waals surface area (Å²) in [5.74, 6) is 0. The Morgan fingerprint density at radius 3 is 2.44 bits per heavy atom. The third kappa shape index (κ3) is 3.54. The fraction of sp³-hybridized carbons (Fsp3) is 0.727. The van der Waals surface area contributed by atoms with E-state index in [0.717, 1.165) is 19.5 Å². The van der Waals surface area contributed by atoms with E-state index >= 15 is 0 Å². The molecular formula is C11H22N4O2S. The highest BCUT2D eigenvalue weighted by molar-refractivity contribution is 7.89. The van der Waals surface area contributed by atoms with Crippen LogP contribution in [0, 0.1) is 13.8 Å². The number of hydrogen-bond acceptors (Lipinski definition) is 4. The lowest BCUT2D eigenvalue weighted by Gasteiger charge is -2.07. The van der Waals surface area contributed by atoms with E-state index in [4.69, 9.17) is 0 Å². The van der Waals surface area contributed by atoms with Gasteiger partial charge in [-0.25, -0.2) is 13.1 Å². The van der Waals surface area contributed by atoms with Crippen LogP contribution in [0.25, 0.3) is 0 Å². The van der Waals surface area contributed by atoms with Gasteiger partial charge in [-0.15, -0.1) is 0 Å². The molecule has 1 heterocycles. The van der Waals surface area contributed by atoms with E-state index in [1.807, 2.05) is 6.92 Å². The number of nitrogens with one attached hydrogen (secondary N) is 2. The Morgan fingerprint density at radius 1 is 1.28 bits per heavy atom. The third-order valence-corrected chi connectivity index (χ3v) is 4.50. The summed E-state index contributed by atoms with van der Waals surface area (Å²) in [6.45, 7) is 7.63. The topological polar surface area (TPSA) is 76.0 Å². The lowest BCUT2D eigenvalue weighted by Crippen LogP contribution is -2.28. The fourth-order valence-electron chi connectivity index (χ4n) is 1.81. The molecule has 0 spiro atoms. The summed E-state index contributed by atoms with van der Waals surface area (Å²) >= 11 is 0. The second kappa shape index (κ2) is 6.31. The lowest BCUT2D eigenvalue weighted by molar-refractivity contribution is 0.574. The van der Waals surface area contributed by atoms with Gasteiger partial charge in [0.05, 0.1) is 11.4 Å². The summed E-state index contributed by atoms with van der Waals surface area (Å²) in [5, 5.41) is 7.27. The average molecular weight is 274 g/mol. The molecule has 7 heteroatoms. The van der Waals surface area contributed by atoms with Crippen LogP contribution >= 0.6 is 0 Å². The predicted molar refractivity (Wildman–Crippen MR) is 71.0 cm³/mol. The van der Waals surface area contributed by atoms with Crippen molar-refractivity contribution in [1.29, 1.82) is 0 Å². The molecule has 0 radical (unpaired) electrons. The van der Waals surface area contributed by atoms with Crippen molar-refractivity contribution in [2.75, 3.05) is 19.6 Å². The van der Waals surface area contributed by atoms with Crippen LogP contribution < -0.4 is 10.0 Å². The minimum Gasteiger partial charge on any atom is -0.317 e. The van der Waals surface area contributed by atoms with Crippen LogP contribution in [0.3, 0.4) is 0 Å². The smallest absolute Gasteiger partial charge is 0.244 e. The number of rotatable bonds is 7. The maximum Gasteiger partial charge on any atom is 0.244 e. The van der Waals surface area contributed by atoms with Gasteiger partial charge in [-0.3, -0.25) is 4.68 Å². The fourth-order valence-corrected chi connectivity index (χ4v) is 3.32. The zero-order valence-electron chi connectivity index (χ0n) is 11.4. The van der Waals surface area contributed by atoms with Crippen LogP contribution in [0.15, 0.2) is 4.90 Å². The highest BCUT2D eigenvalue weighted by Gasteiger charge is 2.22. The van der Waals surface area contributed by atoms with Gasteiger partial charge in [-0.2, -0.15) is 5.10 Å². The van der Waals surface area contributed by atoms with Gasteiger partial charge < -0.3 is 5.32 Å². The minimum absolute atomic E-state index is 0.299. The monoisotopic (exact) mass is 274 g/mol. The van der Waals surface area contributed by atoms with Crippen molar-refractivity contribution in [3.05, 3.63) is 11.4 Å². The van der Waals surface area contributed by atoms with Gasteiger partial charge in [0.2, 0.25) is 10.0 Å². The Kier molecular flexibility index (Phi) is 5.30. The Bertz CT molecular complexity index is 493. The number of aryl methyl sites for hydroxylation is 2. The first-order chi connectivity index (χ1) is 8.40. The van der Waals surface area contributed by atoms with Crippen molar-refractivity contribution >= 4 is 10.0 Å². The summed E-state index contributed by atoms with van der Waals surface area (Å²) in [6, 6.07) is 0. The first-order valence-electron chi connectivity index (χ1n) is 6.10. The van der Waals surface area contributed by atoms with Gasteiger partial charge in [0.25, 0.3) is 0 Å². The zero-order chi connectivity index (χ0) is 13.8. The normalized spacial score (nSPS) is 12.0. The van der Waals surface area contributed by atoms with E-state index in [1.54, 1.807) is 25.6 Å². The first-order valence-corrected chi connectivity index (χ1v) is 7.59. The van der Waals surface area contributed by atoms with Crippen LogP contribution in [0.2, 0.25) is 0 Å². The molecule has 0 atom stereocenters. The Morgan fingerprint density at radius 2 is 1.94 bits per heavy atom. The summed E-state index contributed by atoms with van der Waals surface area (Å²) in [7, 11) is -1.71. The van der Waals surface area contributed by atoms with Gasteiger partial charge in [0.1, 0.15) is 4.90 Å². The van der Waals surface area contributed by atoms with Crippen LogP contribution in [-0.2, 0) is 17.1 Å². The van der Waals surface area contributed by atoms with Gasteiger partial charge in [0, 0.05) is 13.6 Å². The number of aromatic nitrogens is 2. The molecule has 2 N–H and O–H groups in total. The molecule has 1 rings (SSSR count). The van der Waals surface area contributed by atoms with E-state index in [-0.39, 0.29) is 0 Å².